The van der Waals surface area contributed by atoms with E-state index in [-0.39, 0.29) is 34.8 Å². The van der Waals surface area contributed by atoms with Crippen LogP contribution in [0.1, 0.15) is 15.9 Å². The van der Waals surface area contributed by atoms with E-state index in [9.17, 15) is 13.2 Å². The van der Waals surface area contributed by atoms with E-state index in [1.807, 2.05) is 0 Å². The van der Waals surface area contributed by atoms with Crippen molar-refractivity contribution in [3.8, 4) is 34.8 Å². The van der Waals surface area contributed by atoms with E-state index in [4.69, 9.17) is 14.2 Å². The monoisotopic (exact) mass is 549 g/mol. The van der Waals surface area contributed by atoms with Gasteiger partial charge in [0.05, 0.1) is 32.3 Å². The van der Waals surface area contributed by atoms with Gasteiger partial charge in [-0.1, -0.05) is 24.3 Å². The van der Waals surface area contributed by atoms with Crippen molar-refractivity contribution in [2.45, 2.75) is 0 Å². The number of para-hydroxylation sites is 2. The molecule has 0 amide bonds. The molecule has 2 heterocycles. The summed E-state index contributed by atoms with van der Waals surface area (Å²) < 4.78 is 50.0. The van der Waals surface area contributed by atoms with Crippen molar-refractivity contribution >= 4 is 27.9 Å². The van der Waals surface area contributed by atoms with Crippen LogP contribution in [0.4, 0.5) is 5.82 Å². The quantitative estimate of drug-likeness (QED) is 0.286. The Hall–Kier alpha value is -5.04. The van der Waals surface area contributed by atoms with Crippen molar-refractivity contribution in [3.63, 3.8) is 0 Å². The Labute approximate surface area is 224 Å². The van der Waals surface area contributed by atoms with Crippen LogP contribution in [0.3, 0.4) is 0 Å². The zero-order valence-electron chi connectivity index (χ0n) is 21.1. The van der Waals surface area contributed by atoms with Crippen LogP contribution in [0.15, 0.2) is 72.4 Å². The highest BCUT2D eigenvalue weighted by molar-refractivity contribution is 7.95. The van der Waals surface area contributed by atoms with Crippen LogP contribution in [-0.4, -0.2) is 55.7 Å². The summed E-state index contributed by atoms with van der Waals surface area (Å²) in [4.78, 5) is 28.5. The van der Waals surface area contributed by atoms with Crippen LogP contribution >= 0.6 is 0 Å². The number of sulfonamides is 1. The molecule has 0 bridgehead atoms. The average molecular weight is 550 g/mol. The number of ether oxygens (including phenoxy) is 4. The summed E-state index contributed by atoms with van der Waals surface area (Å²) in [7, 11) is -0.0424. The van der Waals surface area contributed by atoms with Gasteiger partial charge in [0.2, 0.25) is 11.6 Å². The molecule has 0 spiro atoms. The molecule has 2 aromatic carbocycles. The zero-order valence-corrected chi connectivity index (χ0v) is 21.9. The SMILES string of the molecule is COC(=O)c1ccc(/C=C/S(=O)(=O)Nc2nc(-c3ncccn3)nc(OC)c2Oc2ccccc2OC)cc1. The molecular weight excluding hydrogens is 526 g/mol. The summed E-state index contributed by atoms with van der Waals surface area (Å²) >= 11 is 0. The fourth-order valence-electron chi connectivity index (χ4n) is 3.24. The Kier molecular flexibility index (Phi) is 8.31. The number of hydrogen-bond donors (Lipinski definition) is 1. The summed E-state index contributed by atoms with van der Waals surface area (Å²) in [5, 5.41) is 0.945. The number of anilines is 1. The maximum absolute atomic E-state index is 13.1. The predicted octanol–water partition coefficient (Wildman–Crippen LogP) is 3.94. The second-order valence-electron chi connectivity index (χ2n) is 7.62. The van der Waals surface area contributed by atoms with Gasteiger partial charge in [-0.15, -0.1) is 0 Å². The van der Waals surface area contributed by atoms with Gasteiger partial charge in [-0.25, -0.2) is 28.2 Å². The number of rotatable bonds is 10. The molecule has 13 heteroatoms. The molecule has 0 unspecified atom stereocenters. The van der Waals surface area contributed by atoms with E-state index >= 15 is 0 Å². The van der Waals surface area contributed by atoms with Gasteiger partial charge < -0.3 is 18.9 Å². The van der Waals surface area contributed by atoms with Gasteiger partial charge in [-0.05, 0) is 42.0 Å². The lowest BCUT2D eigenvalue weighted by atomic mass is 10.1. The van der Waals surface area contributed by atoms with Crippen molar-refractivity contribution in [1.29, 1.82) is 0 Å². The van der Waals surface area contributed by atoms with Crippen molar-refractivity contribution in [2.75, 3.05) is 26.1 Å². The lowest BCUT2D eigenvalue weighted by Gasteiger charge is -2.16. The Morgan fingerprint density at radius 1 is 0.846 bits per heavy atom. The highest BCUT2D eigenvalue weighted by Gasteiger charge is 2.23. The molecule has 0 saturated carbocycles. The second kappa shape index (κ2) is 12.0. The lowest BCUT2D eigenvalue weighted by molar-refractivity contribution is 0.0600. The van der Waals surface area contributed by atoms with E-state index in [0.29, 0.717) is 16.9 Å². The lowest BCUT2D eigenvalue weighted by Crippen LogP contribution is -2.13. The highest BCUT2D eigenvalue weighted by Crippen LogP contribution is 2.40. The van der Waals surface area contributed by atoms with E-state index < -0.39 is 16.0 Å². The van der Waals surface area contributed by atoms with Crippen LogP contribution in [0.2, 0.25) is 0 Å². The standard InChI is InChI=1S/C26H23N5O7S/c1-35-19-7-4-5-8-20(19)38-21-22(29-24(30-25(21)36-2)23-27-14-6-15-28-23)31-39(33,34)16-13-17-9-11-18(12-10-17)26(32)37-3/h4-16H,1-3H3,(H,29,30,31)/b16-13+. The Morgan fingerprint density at radius 3 is 2.18 bits per heavy atom. The van der Waals surface area contributed by atoms with Crippen molar-refractivity contribution in [1.82, 2.24) is 19.9 Å². The number of carbonyl (C=O) groups excluding carboxylic acids is 1. The van der Waals surface area contributed by atoms with Crippen LogP contribution < -0.4 is 18.9 Å². The zero-order chi connectivity index (χ0) is 27.8. The van der Waals surface area contributed by atoms with Gasteiger partial charge in [-0.3, -0.25) is 4.72 Å². The molecular formula is C26H23N5O7S. The van der Waals surface area contributed by atoms with Crippen LogP contribution in [0, 0.1) is 0 Å². The van der Waals surface area contributed by atoms with Crippen molar-refractivity contribution < 1.29 is 32.2 Å². The summed E-state index contributed by atoms with van der Waals surface area (Å²) in [6.45, 7) is 0. The van der Waals surface area contributed by atoms with Gasteiger partial charge in [-0.2, -0.15) is 4.98 Å². The molecule has 200 valence electrons. The topological polar surface area (TPSA) is 152 Å². The molecule has 0 saturated heterocycles. The van der Waals surface area contributed by atoms with Crippen molar-refractivity contribution in [2.24, 2.45) is 0 Å². The normalized spacial score (nSPS) is 11.2. The minimum atomic E-state index is -4.14. The molecule has 0 fully saturated rings. The Balaban J connectivity index is 1.73. The van der Waals surface area contributed by atoms with Gasteiger partial charge >= 0.3 is 5.97 Å². The summed E-state index contributed by atoms with van der Waals surface area (Å²) in [6.07, 6.45) is 4.34. The maximum atomic E-state index is 13.1. The third-order valence-electron chi connectivity index (χ3n) is 5.09. The maximum Gasteiger partial charge on any atom is 0.337 e. The van der Waals surface area contributed by atoms with Crippen LogP contribution in [0.5, 0.6) is 23.1 Å². The number of hydrogen-bond acceptors (Lipinski definition) is 11. The molecule has 1 N–H and O–H groups in total. The highest BCUT2D eigenvalue weighted by atomic mass is 32.2. The summed E-state index contributed by atoms with van der Waals surface area (Å²) in [6, 6.07) is 14.6. The number of carbonyl (C=O) groups is 1. The number of nitrogens with zero attached hydrogens (tertiary/aromatic N) is 4. The molecule has 4 rings (SSSR count). The smallest absolute Gasteiger partial charge is 0.337 e. The minimum Gasteiger partial charge on any atom is -0.493 e. The minimum absolute atomic E-state index is 0.0000877. The molecule has 2 aromatic heterocycles. The Bertz CT molecular complexity index is 1600. The van der Waals surface area contributed by atoms with Crippen LogP contribution in [-0.2, 0) is 14.8 Å². The number of aromatic nitrogens is 4. The molecule has 0 aliphatic rings. The fourth-order valence-corrected chi connectivity index (χ4v) is 4.05. The molecule has 39 heavy (non-hydrogen) atoms. The van der Waals surface area contributed by atoms with Crippen molar-refractivity contribution in [3.05, 3.63) is 83.5 Å². The predicted molar refractivity (Wildman–Crippen MR) is 142 cm³/mol. The third kappa shape index (κ3) is 6.64. The number of nitrogens with one attached hydrogen (secondary N) is 1. The van der Waals surface area contributed by atoms with Gasteiger partial charge in [0.1, 0.15) is 0 Å². The fraction of sp³-hybridized carbons (Fsp3) is 0.115. The van der Waals surface area contributed by atoms with E-state index in [1.165, 1.54) is 51.9 Å². The van der Waals surface area contributed by atoms with E-state index in [2.05, 4.69) is 29.4 Å². The van der Waals surface area contributed by atoms with E-state index in [1.54, 1.807) is 42.5 Å². The number of esters is 1. The molecule has 0 aliphatic heterocycles. The first kappa shape index (κ1) is 27.0. The summed E-state index contributed by atoms with van der Waals surface area (Å²) in [5.41, 5.74) is 0.856. The first-order valence-corrected chi connectivity index (χ1v) is 12.8. The number of methoxy groups -OCH3 is 3. The molecule has 4 aromatic rings. The van der Waals surface area contributed by atoms with Gasteiger partial charge in [0.15, 0.2) is 23.1 Å². The largest absolute Gasteiger partial charge is 0.493 e. The summed E-state index contributed by atoms with van der Waals surface area (Å²) in [5.74, 6) is -0.105. The van der Waals surface area contributed by atoms with E-state index in [0.717, 1.165) is 5.41 Å². The molecule has 0 radical (unpaired) electrons. The Morgan fingerprint density at radius 2 is 1.54 bits per heavy atom. The number of benzene rings is 2. The third-order valence-corrected chi connectivity index (χ3v) is 6.06. The molecule has 0 atom stereocenters. The first-order valence-electron chi connectivity index (χ1n) is 11.3. The average Bonchev–Trinajstić information content (AvgIpc) is 2.97. The van der Waals surface area contributed by atoms with Crippen LogP contribution in [0.25, 0.3) is 17.7 Å². The van der Waals surface area contributed by atoms with Gasteiger partial charge in [0.25, 0.3) is 15.9 Å². The first-order chi connectivity index (χ1) is 18.8. The second-order valence-corrected chi connectivity index (χ2v) is 9.19. The molecule has 12 nitrogen and oxygen atoms in total. The van der Waals surface area contributed by atoms with Gasteiger partial charge in [0, 0.05) is 12.4 Å². The molecule has 0 aliphatic carbocycles.